The summed E-state index contributed by atoms with van der Waals surface area (Å²) in [7, 11) is 0. The van der Waals surface area contributed by atoms with Crippen molar-refractivity contribution in [3.05, 3.63) is 64.1 Å². The highest BCUT2D eigenvalue weighted by atomic mass is 16.5. The van der Waals surface area contributed by atoms with Gasteiger partial charge in [-0.1, -0.05) is 30.3 Å². The zero-order valence-electron chi connectivity index (χ0n) is 11.7. The number of benzene rings is 1. The van der Waals surface area contributed by atoms with Crippen molar-refractivity contribution in [2.75, 3.05) is 6.61 Å². The van der Waals surface area contributed by atoms with E-state index in [0.29, 0.717) is 25.6 Å². The Kier molecular flexibility index (Phi) is 2.86. The summed E-state index contributed by atoms with van der Waals surface area (Å²) in [5.74, 6) is 0.622. The monoisotopic (exact) mass is 283 g/mol. The van der Waals surface area contributed by atoms with Crippen LogP contribution in [0.3, 0.4) is 0 Å². The number of fused-ring (bicyclic) bond motifs is 2. The fourth-order valence-corrected chi connectivity index (χ4v) is 2.99. The lowest BCUT2D eigenvalue weighted by Gasteiger charge is -2.28. The van der Waals surface area contributed by atoms with Crippen molar-refractivity contribution in [3.8, 4) is 5.75 Å². The van der Waals surface area contributed by atoms with Gasteiger partial charge in [-0.2, -0.15) is 0 Å². The minimum absolute atomic E-state index is 0.0244. The Bertz CT molecular complexity index is 717. The molecule has 4 heteroatoms. The molecular formula is C17H17NO3. The molecule has 2 aromatic rings. The van der Waals surface area contributed by atoms with Crippen LogP contribution in [0.5, 0.6) is 5.75 Å². The first-order chi connectivity index (χ1) is 10.3. The first-order valence-corrected chi connectivity index (χ1v) is 7.28. The minimum atomic E-state index is -0.0668. The van der Waals surface area contributed by atoms with Crippen LogP contribution in [0.4, 0.5) is 0 Å². The van der Waals surface area contributed by atoms with Crippen molar-refractivity contribution in [3.63, 3.8) is 0 Å². The zero-order valence-corrected chi connectivity index (χ0v) is 11.7. The second-order valence-electron chi connectivity index (χ2n) is 5.85. The standard InChI is InChI=1S/C17H17NO3/c19-16-9-15(21-10-13-4-2-1-3-5-13)8-14-11-20-12-17(6-7-17)18(14)16/h1-5,8-9H,6-7,10-12H2. The Labute approximate surface area is 122 Å². The van der Waals surface area contributed by atoms with Gasteiger partial charge in [0.05, 0.1) is 24.4 Å². The smallest absolute Gasteiger partial charge is 0.255 e. The predicted molar refractivity (Wildman–Crippen MR) is 78.3 cm³/mol. The van der Waals surface area contributed by atoms with Crippen LogP contribution >= 0.6 is 0 Å². The molecule has 108 valence electrons. The zero-order chi connectivity index (χ0) is 14.3. The summed E-state index contributed by atoms with van der Waals surface area (Å²) in [4.78, 5) is 12.4. The van der Waals surface area contributed by atoms with E-state index in [0.717, 1.165) is 24.1 Å². The maximum Gasteiger partial charge on any atom is 0.255 e. The van der Waals surface area contributed by atoms with Gasteiger partial charge in [0.2, 0.25) is 0 Å². The molecule has 1 aromatic heterocycles. The second kappa shape index (κ2) is 4.74. The normalized spacial score (nSPS) is 18.3. The van der Waals surface area contributed by atoms with E-state index in [9.17, 15) is 4.79 Å². The maximum absolute atomic E-state index is 12.4. The van der Waals surface area contributed by atoms with E-state index in [1.807, 2.05) is 41.0 Å². The third-order valence-corrected chi connectivity index (χ3v) is 4.25. The molecule has 2 heterocycles. The van der Waals surface area contributed by atoms with Crippen molar-refractivity contribution in [2.45, 2.75) is 31.6 Å². The molecule has 0 atom stereocenters. The molecule has 0 N–H and O–H groups in total. The Morgan fingerprint density at radius 1 is 1.19 bits per heavy atom. The van der Waals surface area contributed by atoms with Gasteiger partial charge in [0, 0.05) is 12.1 Å². The summed E-state index contributed by atoms with van der Waals surface area (Å²) in [5, 5.41) is 0. The van der Waals surface area contributed by atoms with E-state index in [4.69, 9.17) is 9.47 Å². The van der Waals surface area contributed by atoms with Gasteiger partial charge >= 0.3 is 0 Å². The van der Waals surface area contributed by atoms with E-state index >= 15 is 0 Å². The first-order valence-electron chi connectivity index (χ1n) is 7.28. The lowest BCUT2D eigenvalue weighted by Crippen LogP contribution is -2.39. The van der Waals surface area contributed by atoms with Gasteiger partial charge in [-0.15, -0.1) is 0 Å². The van der Waals surface area contributed by atoms with Crippen LogP contribution in [0, 0.1) is 0 Å². The fraction of sp³-hybridized carbons (Fsp3) is 0.353. The lowest BCUT2D eigenvalue weighted by molar-refractivity contribution is 0.0442. The molecular weight excluding hydrogens is 266 g/mol. The van der Waals surface area contributed by atoms with Crippen LogP contribution < -0.4 is 10.3 Å². The topological polar surface area (TPSA) is 40.5 Å². The molecule has 0 bridgehead atoms. The Hall–Kier alpha value is -2.07. The molecule has 4 rings (SSSR count). The Morgan fingerprint density at radius 3 is 2.76 bits per heavy atom. The molecule has 4 nitrogen and oxygen atoms in total. The lowest BCUT2D eigenvalue weighted by atomic mass is 10.2. The molecule has 1 saturated carbocycles. The molecule has 0 amide bonds. The Balaban J connectivity index is 1.60. The van der Waals surface area contributed by atoms with Crippen LogP contribution in [-0.4, -0.2) is 11.2 Å². The largest absolute Gasteiger partial charge is 0.489 e. The summed E-state index contributed by atoms with van der Waals surface area (Å²) in [6.45, 7) is 1.61. The van der Waals surface area contributed by atoms with E-state index in [1.165, 1.54) is 0 Å². The quantitative estimate of drug-likeness (QED) is 0.868. The summed E-state index contributed by atoms with van der Waals surface area (Å²) < 4.78 is 13.3. The van der Waals surface area contributed by atoms with Gasteiger partial charge in [0.25, 0.3) is 5.56 Å². The predicted octanol–water partition coefficient (Wildman–Crippen LogP) is 2.45. The van der Waals surface area contributed by atoms with E-state index in [2.05, 4.69) is 0 Å². The second-order valence-corrected chi connectivity index (χ2v) is 5.85. The number of rotatable bonds is 3. The highest BCUT2D eigenvalue weighted by molar-refractivity contribution is 5.28. The SMILES string of the molecule is O=c1cc(OCc2ccccc2)cc2n1C1(CC1)COC2. The third kappa shape index (κ3) is 2.25. The maximum atomic E-state index is 12.4. The van der Waals surface area contributed by atoms with Crippen molar-refractivity contribution >= 4 is 0 Å². The van der Waals surface area contributed by atoms with Crippen molar-refractivity contribution in [1.29, 1.82) is 0 Å². The number of hydrogen-bond acceptors (Lipinski definition) is 3. The molecule has 0 saturated heterocycles. The van der Waals surface area contributed by atoms with Gasteiger partial charge < -0.3 is 14.0 Å². The van der Waals surface area contributed by atoms with Gasteiger partial charge in [0.1, 0.15) is 12.4 Å². The highest BCUT2D eigenvalue weighted by Crippen LogP contribution is 2.45. The molecule has 1 spiro atoms. The molecule has 1 aliphatic heterocycles. The Morgan fingerprint density at radius 2 is 2.00 bits per heavy atom. The average Bonchev–Trinajstić information content (AvgIpc) is 3.26. The number of aromatic nitrogens is 1. The van der Waals surface area contributed by atoms with Crippen molar-refractivity contribution in [1.82, 2.24) is 4.57 Å². The van der Waals surface area contributed by atoms with Crippen LogP contribution in [0.1, 0.15) is 24.1 Å². The minimum Gasteiger partial charge on any atom is -0.489 e. The number of ether oxygens (including phenoxy) is 2. The summed E-state index contributed by atoms with van der Waals surface area (Å²) in [6, 6.07) is 13.5. The van der Waals surface area contributed by atoms with Gasteiger partial charge in [-0.25, -0.2) is 0 Å². The number of nitrogens with zero attached hydrogens (tertiary/aromatic N) is 1. The molecule has 0 radical (unpaired) electrons. The number of hydrogen-bond donors (Lipinski definition) is 0. The molecule has 1 aliphatic carbocycles. The number of pyridine rings is 1. The van der Waals surface area contributed by atoms with Gasteiger partial charge in [-0.05, 0) is 18.4 Å². The highest BCUT2D eigenvalue weighted by Gasteiger charge is 2.48. The molecule has 1 aromatic carbocycles. The summed E-state index contributed by atoms with van der Waals surface area (Å²) in [6.07, 6.45) is 2.06. The van der Waals surface area contributed by atoms with Crippen LogP contribution in [0.2, 0.25) is 0 Å². The third-order valence-electron chi connectivity index (χ3n) is 4.25. The van der Waals surface area contributed by atoms with Gasteiger partial charge in [-0.3, -0.25) is 4.79 Å². The van der Waals surface area contributed by atoms with Crippen LogP contribution in [0.15, 0.2) is 47.3 Å². The van der Waals surface area contributed by atoms with Crippen LogP contribution in [0.25, 0.3) is 0 Å². The van der Waals surface area contributed by atoms with Crippen molar-refractivity contribution in [2.24, 2.45) is 0 Å². The van der Waals surface area contributed by atoms with E-state index < -0.39 is 0 Å². The average molecular weight is 283 g/mol. The van der Waals surface area contributed by atoms with Crippen molar-refractivity contribution < 1.29 is 9.47 Å². The molecule has 2 aliphatic rings. The molecule has 21 heavy (non-hydrogen) atoms. The fourth-order valence-electron chi connectivity index (χ4n) is 2.99. The first kappa shape index (κ1) is 12.7. The van der Waals surface area contributed by atoms with Crippen LogP contribution in [-0.2, 0) is 23.5 Å². The molecule has 0 unspecified atom stereocenters. The van der Waals surface area contributed by atoms with Gasteiger partial charge in [0.15, 0.2) is 0 Å². The summed E-state index contributed by atoms with van der Waals surface area (Å²) in [5.41, 5.74) is 1.97. The summed E-state index contributed by atoms with van der Waals surface area (Å²) >= 11 is 0. The molecule has 1 fully saturated rings. The van der Waals surface area contributed by atoms with E-state index in [-0.39, 0.29) is 11.1 Å². The van der Waals surface area contributed by atoms with E-state index in [1.54, 1.807) is 6.07 Å².